The highest BCUT2D eigenvalue weighted by molar-refractivity contribution is 8.01. The van der Waals surface area contributed by atoms with Crippen molar-refractivity contribution in [3.63, 3.8) is 0 Å². The van der Waals surface area contributed by atoms with Gasteiger partial charge >= 0.3 is 0 Å². The predicted octanol–water partition coefficient (Wildman–Crippen LogP) is 2.13. The molecule has 108 valence electrons. The molecule has 1 aromatic carbocycles. The first kappa shape index (κ1) is 13.7. The van der Waals surface area contributed by atoms with Gasteiger partial charge in [0.1, 0.15) is 6.17 Å². The number of alkyl halides is 1. The summed E-state index contributed by atoms with van der Waals surface area (Å²) in [7, 11) is -1.21. The fourth-order valence-corrected chi connectivity index (χ4v) is 3.50. The van der Waals surface area contributed by atoms with Gasteiger partial charge in [-0.25, -0.2) is 9.38 Å². The molecule has 2 heterocycles. The van der Waals surface area contributed by atoms with Crippen LogP contribution in [0.5, 0.6) is 0 Å². The first-order valence-electron chi connectivity index (χ1n) is 6.80. The van der Waals surface area contributed by atoms with Crippen LogP contribution in [-0.4, -0.2) is 32.0 Å². The Balaban J connectivity index is 1.84. The minimum absolute atomic E-state index is 0.0329. The SMILES string of the molecule is CC(C)S(=O)C1=NC2[C@@H](F)C[C@@H](c3ccccc3)N2N1. The number of hydrogen-bond acceptors (Lipinski definition) is 4. The molecule has 0 saturated carbocycles. The third kappa shape index (κ3) is 2.27. The van der Waals surface area contributed by atoms with Gasteiger partial charge in [-0.2, -0.15) is 5.01 Å². The van der Waals surface area contributed by atoms with E-state index in [1.54, 1.807) is 5.01 Å². The summed E-state index contributed by atoms with van der Waals surface area (Å²) in [6.07, 6.45) is -1.18. The number of hydrazine groups is 1. The van der Waals surface area contributed by atoms with Crippen LogP contribution < -0.4 is 5.43 Å². The molecule has 0 amide bonds. The molecule has 6 heteroatoms. The molecule has 1 saturated heterocycles. The van der Waals surface area contributed by atoms with E-state index < -0.39 is 23.1 Å². The van der Waals surface area contributed by atoms with Crippen molar-refractivity contribution in [3.8, 4) is 0 Å². The van der Waals surface area contributed by atoms with Crippen molar-refractivity contribution >= 4 is 16.0 Å². The van der Waals surface area contributed by atoms with Crippen molar-refractivity contribution in [3.05, 3.63) is 35.9 Å². The average molecular weight is 295 g/mol. The number of nitrogens with zero attached hydrogens (tertiary/aromatic N) is 2. The van der Waals surface area contributed by atoms with Gasteiger partial charge in [-0.15, -0.1) is 0 Å². The summed E-state index contributed by atoms with van der Waals surface area (Å²) in [4.78, 5) is 4.28. The Morgan fingerprint density at radius 2 is 2.10 bits per heavy atom. The van der Waals surface area contributed by atoms with Crippen LogP contribution in [0.2, 0.25) is 0 Å². The monoisotopic (exact) mass is 295 g/mol. The van der Waals surface area contributed by atoms with Crippen LogP contribution in [-0.2, 0) is 10.8 Å². The van der Waals surface area contributed by atoms with E-state index in [4.69, 9.17) is 0 Å². The number of nitrogens with one attached hydrogen (secondary N) is 1. The first-order valence-corrected chi connectivity index (χ1v) is 8.01. The molecule has 20 heavy (non-hydrogen) atoms. The van der Waals surface area contributed by atoms with Crippen LogP contribution in [0.15, 0.2) is 35.3 Å². The van der Waals surface area contributed by atoms with E-state index in [9.17, 15) is 8.60 Å². The Kier molecular flexibility index (Phi) is 3.60. The number of hydrogen-bond donors (Lipinski definition) is 1. The third-order valence-electron chi connectivity index (χ3n) is 3.67. The summed E-state index contributed by atoms with van der Waals surface area (Å²) in [5, 5.41) is 2.16. The highest BCUT2D eigenvalue weighted by Gasteiger charge is 2.47. The van der Waals surface area contributed by atoms with Crippen molar-refractivity contribution in [2.45, 2.75) is 43.9 Å². The first-order chi connectivity index (χ1) is 9.58. The number of halogens is 1. The van der Waals surface area contributed by atoms with E-state index in [1.807, 2.05) is 44.2 Å². The number of amidine groups is 1. The molecule has 2 aliphatic heterocycles. The second-order valence-electron chi connectivity index (χ2n) is 5.39. The average Bonchev–Trinajstić information content (AvgIpc) is 3.00. The Morgan fingerprint density at radius 3 is 2.75 bits per heavy atom. The van der Waals surface area contributed by atoms with Crippen molar-refractivity contribution < 1.29 is 8.60 Å². The molecule has 1 N–H and O–H groups in total. The van der Waals surface area contributed by atoms with Gasteiger partial charge in [-0.3, -0.25) is 9.63 Å². The van der Waals surface area contributed by atoms with Crippen LogP contribution in [0.1, 0.15) is 31.9 Å². The lowest BCUT2D eigenvalue weighted by molar-refractivity contribution is 0.160. The zero-order chi connectivity index (χ0) is 14.3. The number of rotatable bonds is 2. The molecule has 0 bridgehead atoms. The summed E-state index contributed by atoms with van der Waals surface area (Å²) < 4.78 is 26.3. The lowest BCUT2D eigenvalue weighted by atomic mass is 10.1. The van der Waals surface area contributed by atoms with Gasteiger partial charge in [0, 0.05) is 11.7 Å². The summed E-state index contributed by atoms with van der Waals surface area (Å²) in [5.41, 5.74) is 4.11. The maximum Gasteiger partial charge on any atom is 0.204 e. The molecule has 2 aliphatic rings. The molecule has 3 rings (SSSR count). The van der Waals surface area contributed by atoms with Gasteiger partial charge < -0.3 is 0 Å². The normalized spacial score (nSPS) is 31.0. The molecular formula is C14H18FN3OS. The Bertz CT molecular complexity index is 549. The molecule has 0 radical (unpaired) electrons. The summed E-state index contributed by atoms with van der Waals surface area (Å²) >= 11 is 0. The molecule has 0 spiro atoms. The number of aliphatic imine (C=N–C) groups is 1. The molecular weight excluding hydrogens is 277 g/mol. The van der Waals surface area contributed by atoms with E-state index in [1.165, 1.54) is 0 Å². The summed E-state index contributed by atoms with van der Waals surface area (Å²) in [5.74, 6) is 0. The summed E-state index contributed by atoms with van der Waals surface area (Å²) in [6, 6.07) is 9.73. The minimum atomic E-state index is -1.21. The van der Waals surface area contributed by atoms with Crippen molar-refractivity contribution in [2.75, 3.05) is 0 Å². The standard InChI is InChI=1S/C14H18FN3OS/c1-9(2)20(19)14-16-13-11(15)8-12(18(13)17-14)10-6-4-3-5-7-10/h3-7,9,11-13H,8H2,1-2H3,(H,16,17)/t11-,12-,13?,20?/m0/s1. The summed E-state index contributed by atoms with van der Waals surface area (Å²) in [6.45, 7) is 3.73. The second kappa shape index (κ2) is 5.26. The maximum atomic E-state index is 14.2. The molecule has 4 nitrogen and oxygen atoms in total. The van der Waals surface area contributed by atoms with E-state index in [2.05, 4.69) is 10.4 Å². The van der Waals surface area contributed by atoms with Crippen LogP contribution in [0.4, 0.5) is 4.39 Å². The Hall–Kier alpha value is -1.27. The molecule has 0 aromatic heterocycles. The third-order valence-corrected chi connectivity index (χ3v) is 5.10. The zero-order valence-corrected chi connectivity index (χ0v) is 12.3. The van der Waals surface area contributed by atoms with Crippen LogP contribution >= 0.6 is 0 Å². The van der Waals surface area contributed by atoms with E-state index in [-0.39, 0.29) is 11.3 Å². The van der Waals surface area contributed by atoms with Crippen molar-refractivity contribution in [2.24, 2.45) is 4.99 Å². The van der Waals surface area contributed by atoms with Crippen molar-refractivity contribution in [1.82, 2.24) is 10.4 Å². The molecule has 2 unspecified atom stereocenters. The van der Waals surface area contributed by atoms with E-state index in [0.717, 1.165) is 5.56 Å². The van der Waals surface area contributed by atoms with Crippen LogP contribution in [0.25, 0.3) is 0 Å². The predicted molar refractivity (Wildman–Crippen MR) is 78.2 cm³/mol. The quantitative estimate of drug-likeness (QED) is 0.909. The van der Waals surface area contributed by atoms with Gasteiger partial charge in [-0.05, 0) is 5.56 Å². The Morgan fingerprint density at radius 1 is 1.40 bits per heavy atom. The van der Waals surface area contributed by atoms with Crippen molar-refractivity contribution in [1.29, 1.82) is 0 Å². The smallest absolute Gasteiger partial charge is 0.204 e. The van der Waals surface area contributed by atoms with Gasteiger partial charge in [-0.1, -0.05) is 44.2 Å². The van der Waals surface area contributed by atoms with Crippen LogP contribution in [0, 0.1) is 0 Å². The van der Waals surface area contributed by atoms with Gasteiger partial charge in [0.25, 0.3) is 0 Å². The van der Waals surface area contributed by atoms with E-state index in [0.29, 0.717) is 11.6 Å². The minimum Gasteiger partial charge on any atom is -0.293 e. The number of benzene rings is 1. The fraction of sp³-hybridized carbons (Fsp3) is 0.500. The molecule has 1 fully saturated rings. The topological polar surface area (TPSA) is 44.7 Å². The van der Waals surface area contributed by atoms with E-state index >= 15 is 0 Å². The number of fused-ring (bicyclic) bond motifs is 1. The molecule has 1 aromatic rings. The lowest BCUT2D eigenvalue weighted by Gasteiger charge is -2.23. The largest absolute Gasteiger partial charge is 0.293 e. The highest BCUT2D eigenvalue weighted by atomic mass is 32.2. The highest BCUT2D eigenvalue weighted by Crippen LogP contribution is 2.39. The lowest BCUT2D eigenvalue weighted by Crippen LogP contribution is -2.42. The van der Waals surface area contributed by atoms with Gasteiger partial charge in [0.15, 0.2) is 6.17 Å². The second-order valence-corrected chi connectivity index (χ2v) is 7.32. The maximum absolute atomic E-state index is 14.2. The zero-order valence-electron chi connectivity index (χ0n) is 11.5. The molecule has 4 atom stereocenters. The van der Waals surface area contributed by atoms with Gasteiger partial charge in [0.2, 0.25) is 5.17 Å². The van der Waals surface area contributed by atoms with Crippen LogP contribution in [0.3, 0.4) is 0 Å². The fourth-order valence-electron chi connectivity index (χ4n) is 2.65. The van der Waals surface area contributed by atoms with Gasteiger partial charge in [0.05, 0.1) is 16.8 Å². The molecule has 0 aliphatic carbocycles. The Labute approximate surface area is 120 Å².